The van der Waals surface area contributed by atoms with Gasteiger partial charge in [0.1, 0.15) is 17.2 Å². The molecule has 0 unspecified atom stereocenters. The van der Waals surface area contributed by atoms with Crippen LogP contribution in [0, 0.1) is 0 Å². The molecule has 120 valence electrons. The van der Waals surface area contributed by atoms with Crippen LogP contribution in [-0.2, 0) is 0 Å². The minimum atomic E-state index is -0.206. The molecule has 3 N–H and O–H groups in total. The molecular weight excluding hydrogens is 296 g/mol. The number of aliphatic hydroxyl groups is 1. The number of nitrogens with zero attached hydrogens (tertiary/aromatic N) is 1. The Morgan fingerprint density at radius 2 is 1.71 bits per heavy atom. The van der Waals surface area contributed by atoms with Crippen molar-refractivity contribution in [3.8, 4) is 17.2 Å². The number of phenolic OH excluding ortho intramolecular Hbond substituents is 1. The number of hydrogen-bond acceptors (Lipinski definition) is 6. The Balaban J connectivity index is 0.00000220. The van der Waals surface area contributed by atoms with Gasteiger partial charge >= 0.3 is 0 Å². The molecule has 1 aromatic carbocycles. The maximum atomic E-state index is 9.81. The number of benzene rings is 1. The second-order valence-electron chi connectivity index (χ2n) is 4.75. The van der Waals surface area contributed by atoms with Crippen LogP contribution in [0.5, 0.6) is 17.2 Å². The highest BCUT2D eigenvalue weighted by Gasteiger charge is 2.28. The fraction of sp³-hybridized carbons (Fsp3) is 0.571. The molecule has 1 fully saturated rings. The van der Waals surface area contributed by atoms with E-state index in [1.54, 1.807) is 26.4 Å². The van der Waals surface area contributed by atoms with Crippen LogP contribution in [-0.4, -0.2) is 62.1 Å². The zero-order valence-electron chi connectivity index (χ0n) is 12.3. The Hall–Kier alpha value is -1.21. The summed E-state index contributed by atoms with van der Waals surface area (Å²) in [7, 11) is 3.09. The third-order valence-corrected chi connectivity index (χ3v) is 3.63. The second kappa shape index (κ2) is 8.29. The second-order valence-corrected chi connectivity index (χ2v) is 4.75. The van der Waals surface area contributed by atoms with E-state index in [2.05, 4.69) is 10.2 Å². The van der Waals surface area contributed by atoms with Crippen molar-refractivity contribution in [1.82, 2.24) is 10.2 Å². The first-order valence-corrected chi connectivity index (χ1v) is 6.71. The van der Waals surface area contributed by atoms with Crippen LogP contribution < -0.4 is 14.8 Å². The van der Waals surface area contributed by atoms with Crippen LogP contribution in [0.4, 0.5) is 0 Å². The van der Waals surface area contributed by atoms with Crippen LogP contribution in [0.2, 0.25) is 0 Å². The van der Waals surface area contributed by atoms with E-state index in [9.17, 15) is 10.2 Å². The molecule has 0 aliphatic carbocycles. The number of aromatic hydroxyl groups is 1. The topological polar surface area (TPSA) is 74.2 Å². The van der Waals surface area contributed by atoms with E-state index in [0.717, 1.165) is 31.7 Å². The summed E-state index contributed by atoms with van der Waals surface area (Å²) in [5, 5.41) is 22.8. The lowest BCUT2D eigenvalue weighted by Crippen LogP contribution is -2.46. The van der Waals surface area contributed by atoms with E-state index < -0.39 is 0 Å². The predicted molar refractivity (Wildman–Crippen MR) is 82.7 cm³/mol. The first-order valence-electron chi connectivity index (χ1n) is 6.71. The Kier molecular flexibility index (Phi) is 7.04. The van der Waals surface area contributed by atoms with Crippen molar-refractivity contribution in [3.63, 3.8) is 0 Å². The molecule has 1 saturated heterocycles. The van der Waals surface area contributed by atoms with Crippen molar-refractivity contribution in [2.45, 2.75) is 6.04 Å². The number of hydrogen-bond donors (Lipinski definition) is 3. The van der Waals surface area contributed by atoms with Gasteiger partial charge in [-0.15, -0.1) is 12.4 Å². The fourth-order valence-electron chi connectivity index (χ4n) is 2.64. The van der Waals surface area contributed by atoms with Crippen molar-refractivity contribution in [2.75, 3.05) is 47.0 Å². The average molecular weight is 319 g/mol. The number of rotatable bonds is 5. The minimum Gasteiger partial charge on any atom is -0.508 e. The SMILES string of the molecule is COc1cc(O)cc(OC)c1[C@@H](CO)N1CCNCC1.Cl. The number of aliphatic hydroxyl groups excluding tert-OH is 1. The summed E-state index contributed by atoms with van der Waals surface area (Å²) < 4.78 is 10.7. The molecule has 0 amide bonds. The fourth-order valence-corrected chi connectivity index (χ4v) is 2.64. The Morgan fingerprint density at radius 1 is 1.19 bits per heavy atom. The molecule has 21 heavy (non-hydrogen) atoms. The summed E-state index contributed by atoms with van der Waals surface area (Å²) in [5.74, 6) is 1.14. The molecule has 7 heteroatoms. The maximum absolute atomic E-state index is 9.81. The molecule has 0 saturated carbocycles. The standard InChI is InChI=1S/C14H22N2O4.ClH/c1-19-12-7-10(18)8-13(20-2)14(12)11(9-17)16-5-3-15-4-6-16;/h7-8,11,15,17-18H,3-6,9H2,1-2H3;1H/t11-;/m1./s1. The molecule has 1 aromatic rings. The summed E-state index contributed by atoms with van der Waals surface area (Å²) in [5.41, 5.74) is 0.775. The van der Waals surface area contributed by atoms with E-state index >= 15 is 0 Å². The van der Waals surface area contributed by atoms with Gasteiger partial charge in [0.2, 0.25) is 0 Å². The van der Waals surface area contributed by atoms with Gasteiger partial charge in [0, 0.05) is 38.3 Å². The van der Waals surface area contributed by atoms with Crippen molar-refractivity contribution in [2.24, 2.45) is 0 Å². The van der Waals surface area contributed by atoms with Crippen LogP contribution in [0.15, 0.2) is 12.1 Å². The molecule has 1 aliphatic rings. The van der Waals surface area contributed by atoms with Crippen molar-refractivity contribution in [1.29, 1.82) is 0 Å². The number of ether oxygens (including phenoxy) is 2. The van der Waals surface area contributed by atoms with Gasteiger partial charge in [-0.05, 0) is 0 Å². The van der Waals surface area contributed by atoms with E-state index in [4.69, 9.17) is 9.47 Å². The van der Waals surface area contributed by atoms with Gasteiger partial charge < -0.3 is 25.0 Å². The lowest BCUT2D eigenvalue weighted by molar-refractivity contribution is 0.106. The number of nitrogens with one attached hydrogen (secondary N) is 1. The van der Waals surface area contributed by atoms with Gasteiger partial charge in [0.05, 0.1) is 32.4 Å². The third kappa shape index (κ3) is 3.91. The molecule has 6 nitrogen and oxygen atoms in total. The lowest BCUT2D eigenvalue weighted by Gasteiger charge is -2.35. The molecule has 0 spiro atoms. The quantitative estimate of drug-likeness (QED) is 0.745. The van der Waals surface area contributed by atoms with E-state index in [-0.39, 0.29) is 30.8 Å². The van der Waals surface area contributed by atoms with Gasteiger partial charge in [-0.3, -0.25) is 4.90 Å². The molecule has 2 rings (SSSR count). The normalized spacial score (nSPS) is 16.9. The summed E-state index contributed by atoms with van der Waals surface area (Å²) in [6.07, 6.45) is 0. The summed E-state index contributed by atoms with van der Waals surface area (Å²) in [6.45, 7) is 3.44. The van der Waals surface area contributed by atoms with E-state index in [0.29, 0.717) is 11.5 Å². The highest BCUT2D eigenvalue weighted by atomic mass is 35.5. The van der Waals surface area contributed by atoms with Gasteiger partial charge in [-0.25, -0.2) is 0 Å². The predicted octanol–water partition coefficient (Wildman–Crippen LogP) is 0.770. The monoisotopic (exact) mass is 318 g/mol. The lowest BCUT2D eigenvalue weighted by atomic mass is 10.0. The maximum Gasteiger partial charge on any atom is 0.131 e. The summed E-state index contributed by atoms with van der Waals surface area (Å²) >= 11 is 0. The van der Waals surface area contributed by atoms with Crippen LogP contribution in [0.25, 0.3) is 0 Å². The van der Waals surface area contributed by atoms with E-state index in [1.807, 2.05) is 0 Å². The number of methoxy groups -OCH3 is 2. The third-order valence-electron chi connectivity index (χ3n) is 3.63. The van der Waals surface area contributed by atoms with Crippen molar-refractivity contribution >= 4 is 12.4 Å². The Morgan fingerprint density at radius 3 is 2.14 bits per heavy atom. The molecule has 0 aromatic heterocycles. The largest absolute Gasteiger partial charge is 0.508 e. The molecule has 1 aliphatic heterocycles. The molecule has 1 heterocycles. The van der Waals surface area contributed by atoms with Crippen LogP contribution in [0.3, 0.4) is 0 Å². The number of halogens is 1. The Bertz CT molecular complexity index is 428. The average Bonchev–Trinajstić information content (AvgIpc) is 2.49. The molecule has 0 bridgehead atoms. The highest BCUT2D eigenvalue weighted by Crippen LogP contribution is 2.40. The number of phenols is 1. The van der Waals surface area contributed by atoms with Crippen LogP contribution in [0.1, 0.15) is 11.6 Å². The summed E-state index contributed by atoms with van der Waals surface area (Å²) in [4.78, 5) is 2.19. The first-order chi connectivity index (χ1) is 9.71. The zero-order chi connectivity index (χ0) is 14.5. The molecular formula is C14H23ClN2O4. The highest BCUT2D eigenvalue weighted by molar-refractivity contribution is 5.85. The number of piperazine rings is 1. The van der Waals surface area contributed by atoms with Crippen molar-refractivity contribution < 1.29 is 19.7 Å². The first kappa shape index (κ1) is 17.8. The summed E-state index contributed by atoms with van der Waals surface area (Å²) in [6, 6.07) is 2.88. The van der Waals surface area contributed by atoms with Crippen molar-refractivity contribution in [3.05, 3.63) is 17.7 Å². The zero-order valence-corrected chi connectivity index (χ0v) is 13.2. The van der Waals surface area contributed by atoms with Gasteiger partial charge in [-0.1, -0.05) is 0 Å². The van der Waals surface area contributed by atoms with E-state index in [1.165, 1.54) is 0 Å². The van der Waals surface area contributed by atoms with Gasteiger partial charge in [0.15, 0.2) is 0 Å². The molecule has 0 radical (unpaired) electrons. The smallest absolute Gasteiger partial charge is 0.131 e. The minimum absolute atomic E-state index is 0. The Labute approximate surface area is 131 Å². The van der Waals surface area contributed by atoms with Gasteiger partial charge in [-0.2, -0.15) is 0 Å². The van der Waals surface area contributed by atoms with Gasteiger partial charge in [0.25, 0.3) is 0 Å². The van der Waals surface area contributed by atoms with Crippen LogP contribution >= 0.6 is 12.4 Å². The molecule has 1 atom stereocenters.